The van der Waals surface area contributed by atoms with E-state index in [1.807, 2.05) is 0 Å². The topological polar surface area (TPSA) is 101 Å². The minimum Gasteiger partial charge on any atom is -0.480 e. The van der Waals surface area contributed by atoms with Gasteiger partial charge in [-0.2, -0.15) is 0 Å². The zero-order valence-corrected chi connectivity index (χ0v) is 12.3. The van der Waals surface area contributed by atoms with Crippen LogP contribution in [0.3, 0.4) is 0 Å². The van der Waals surface area contributed by atoms with Gasteiger partial charge in [0.1, 0.15) is 11.1 Å². The van der Waals surface area contributed by atoms with Gasteiger partial charge in [0.15, 0.2) is 5.16 Å². The third-order valence-electron chi connectivity index (χ3n) is 4.01. The van der Waals surface area contributed by atoms with Gasteiger partial charge in [-0.05, 0) is 25.7 Å². The first kappa shape index (κ1) is 14.1. The summed E-state index contributed by atoms with van der Waals surface area (Å²) in [5.74, 6) is -1.08. The molecule has 1 atom stereocenters. The maximum atomic E-state index is 12.3. The fraction of sp³-hybridized carbons (Fsp3) is 0.538. The second-order valence-corrected chi connectivity index (χ2v) is 6.56. The first-order valence-corrected chi connectivity index (χ1v) is 7.70. The summed E-state index contributed by atoms with van der Waals surface area (Å²) < 4.78 is 1.45. The van der Waals surface area contributed by atoms with Crippen LogP contribution in [0.4, 0.5) is 0 Å². The second-order valence-electron chi connectivity index (χ2n) is 5.50. The lowest BCUT2D eigenvalue weighted by Gasteiger charge is -2.25. The van der Waals surface area contributed by atoms with Crippen LogP contribution in [0, 0.1) is 5.92 Å². The average Bonchev–Trinajstić information content (AvgIpc) is 3.17. The van der Waals surface area contributed by atoms with Crippen molar-refractivity contribution in [1.29, 1.82) is 0 Å². The zero-order chi connectivity index (χ0) is 15.2. The molecule has 0 spiro atoms. The zero-order valence-electron chi connectivity index (χ0n) is 11.5. The van der Waals surface area contributed by atoms with Gasteiger partial charge in [-0.3, -0.25) is 14.2 Å². The summed E-state index contributed by atoms with van der Waals surface area (Å²) in [6.07, 6.45) is 2.76. The van der Waals surface area contributed by atoms with Crippen LogP contribution < -0.4 is 10.9 Å². The van der Waals surface area contributed by atoms with Gasteiger partial charge >= 0.3 is 5.97 Å². The Morgan fingerprint density at radius 3 is 2.86 bits per heavy atom. The van der Waals surface area contributed by atoms with E-state index >= 15 is 0 Å². The molecule has 2 heterocycles. The number of carboxylic acids is 1. The summed E-state index contributed by atoms with van der Waals surface area (Å²) in [6.45, 7) is 2.00. The van der Waals surface area contributed by atoms with Gasteiger partial charge in [0.2, 0.25) is 0 Å². The summed E-state index contributed by atoms with van der Waals surface area (Å²) in [4.78, 5) is 40.0. The molecule has 1 fully saturated rings. The molecular formula is C13H15N3O4S. The first-order valence-electron chi connectivity index (χ1n) is 6.72. The number of nitrogens with zero attached hydrogens (tertiary/aromatic N) is 2. The number of carbonyl (C=O) groups is 2. The molecule has 1 aliphatic heterocycles. The number of carboxylic acid groups (broad SMARTS) is 1. The Hall–Kier alpha value is -1.83. The van der Waals surface area contributed by atoms with Crippen LogP contribution in [0.15, 0.2) is 16.1 Å². The molecular weight excluding hydrogens is 294 g/mol. The maximum absolute atomic E-state index is 12.3. The number of nitrogens with one attached hydrogen (secondary N) is 1. The van der Waals surface area contributed by atoms with Crippen LogP contribution >= 0.6 is 11.8 Å². The minimum absolute atomic E-state index is 0.0837. The van der Waals surface area contributed by atoms with Crippen LogP contribution in [0.25, 0.3) is 0 Å². The van der Waals surface area contributed by atoms with E-state index in [1.165, 1.54) is 29.4 Å². The Balaban J connectivity index is 1.89. The van der Waals surface area contributed by atoms with E-state index in [2.05, 4.69) is 10.3 Å². The largest absolute Gasteiger partial charge is 0.480 e. The third kappa shape index (κ3) is 2.33. The smallest absolute Gasteiger partial charge is 0.329 e. The van der Waals surface area contributed by atoms with Crippen molar-refractivity contribution >= 4 is 23.6 Å². The van der Waals surface area contributed by atoms with Crippen molar-refractivity contribution in [3.05, 3.63) is 22.1 Å². The van der Waals surface area contributed by atoms with Crippen LogP contribution in [-0.4, -0.2) is 37.8 Å². The van der Waals surface area contributed by atoms with E-state index in [1.54, 1.807) is 0 Å². The quantitative estimate of drug-likeness (QED) is 0.777. The van der Waals surface area contributed by atoms with Gasteiger partial charge in [0, 0.05) is 18.5 Å². The molecule has 112 valence electrons. The molecule has 8 heteroatoms. The molecule has 1 aromatic heterocycles. The van der Waals surface area contributed by atoms with Crippen molar-refractivity contribution in [1.82, 2.24) is 14.9 Å². The summed E-state index contributed by atoms with van der Waals surface area (Å²) in [5, 5.41) is 12.4. The molecule has 1 amide bonds. The molecule has 1 unspecified atom stereocenters. The number of hydrogen-bond donors (Lipinski definition) is 2. The van der Waals surface area contributed by atoms with Gasteiger partial charge in [-0.1, -0.05) is 11.8 Å². The molecule has 0 saturated heterocycles. The number of thioether (sulfide) groups is 1. The number of fused-ring (bicyclic) bond motifs is 1. The number of aliphatic carboxylic acids is 1. The first-order chi connectivity index (χ1) is 9.93. The van der Waals surface area contributed by atoms with Crippen molar-refractivity contribution in [3.8, 4) is 0 Å². The SMILES string of the molecule is CC(NC(=O)c1cnc2n(c1=O)CCS2)(C(=O)O)C1CC1. The highest BCUT2D eigenvalue weighted by Crippen LogP contribution is 2.39. The Bertz CT molecular complexity index is 682. The fourth-order valence-electron chi connectivity index (χ4n) is 2.47. The Morgan fingerprint density at radius 1 is 1.52 bits per heavy atom. The molecule has 1 saturated carbocycles. The molecule has 0 aromatic carbocycles. The third-order valence-corrected chi connectivity index (χ3v) is 4.98. The second kappa shape index (κ2) is 4.87. The molecule has 7 nitrogen and oxygen atoms in total. The Morgan fingerprint density at radius 2 is 2.24 bits per heavy atom. The van der Waals surface area contributed by atoms with Gasteiger partial charge in [0.25, 0.3) is 11.5 Å². The molecule has 2 N–H and O–H groups in total. The monoisotopic (exact) mass is 309 g/mol. The summed E-state index contributed by atoms with van der Waals surface area (Å²) in [6, 6.07) is 0. The Labute approximate surface area is 124 Å². The summed E-state index contributed by atoms with van der Waals surface area (Å²) in [7, 11) is 0. The van der Waals surface area contributed by atoms with E-state index < -0.39 is 23.0 Å². The molecule has 2 aliphatic rings. The van der Waals surface area contributed by atoms with Crippen molar-refractivity contribution < 1.29 is 14.7 Å². The van der Waals surface area contributed by atoms with Gasteiger partial charge in [0.05, 0.1) is 0 Å². The number of hydrogen-bond acceptors (Lipinski definition) is 5. The molecule has 0 bridgehead atoms. The van der Waals surface area contributed by atoms with E-state index in [4.69, 9.17) is 0 Å². The van der Waals surface area contributed by atoms with Gasteiger partial charge in [-0.15, -0.1) is 0 Å². The van der Waals surface area contributed by atoms with Crippen molar-refractivity contribution in [3.63, 3.8) is 0 Å². The van der Waals surface area contributed by atoms with Crippen molar-refractivity contribution in [2.75, 3.05) is 5.75 Å². The minimum atomic E-state index is -1.33. The predicted octanol–water partition coefficient (Wildman–Crippen LogP) is 0.332. The normalized spacial score (nSPS) is 19.7. The van der Waals surface area contributed by atoms with Crippen molar-refractivity contribution in [2.24, 2.45) is 5.92 Å². The van der Waals surface area contributed by atoms with E-state index in [9.17, 15) is 19.5 Å². The maximum Gasteiger partial charge on any atom is 0.329 e. The molecule has 1 aliphatic carbocycles. The van der Waals surface area contributed by atoms with Crippen LogP contribution in [0.1, 0.15) is 30.1 Å². The van der Waals surface area contributed by atoms with Gasteiger partial charge < -0.3 is 10.4 Å². The number of carbonyl (C=O) groups excluding carboxylic acids is 1. The Kier molecular flexibility index (Phi) is 3.27. The lowest BCUT2D eigenvalue weighted by Crippen LogP contribution is -2.54. The lowest BCUT2D eigenvalue weighted by molar-refractivity contribution is -0.144. The van der Waals surface area contributed by atoms with Crippen molar-refractivity contribution in [2.45, 2.75) is 37.0 Å². The number of aromatic nitrogens is 2. The van der Waals surface area contributed by atoms with Gasteiger partial charge in [-0.25, -0.2) is 9.78 Å². The van der Waals surface area contributed by atoms with Crippen LogP contribution in [0.5, 0.6) is 0 Å². The average molecular weight is 309 g/mol. The summed E-state index contributed by atoms with van der Waals surface area (Å²) >= 11 is 1.46. The number of rotatable bonds is 4. The highest BCUT2D eigenvalue weighted by Gasteiger charge is 2.48. The lowest BCUT2D eigenvalue weighted by atomic mass is 9.95. The van der Waals surface area contributed by atoms with E-state index in [0.717, 1.165) is 18.6 Å². The molecule has 21 heavy (non-hydrogen) atoms. The highest BCUT2D eigenvalue weighted by atomic mass is 32.2. The predicted molar refractivity (Wildman–Crippen MR) is 75.5 cm³/mol. The highest BCUT2D eigenvalue weighted by molar-refractivity contribution is 7.99. The van der Waals surface area contributed by atoms with Crippen LogP contribution in [0.2, 0.25) is 0 Å². The summed E-state index contributed by atoms with van der Waals surface area (Å²) in [5.41, 5.74) is -1.84. The van der Waals surface area contributed by atoms with E-state index in [0.29, 0.717) is 11.7 Å². The van der Waals surface area contributed by atoms with Crippen LogP contribution in [-0.2, 0) is 11.3 Å². The fourth-order valence-corrected chi connectivity index (χ4v) is 3.38. The van der Waals surface area contributed by atoms with E-state index in [-0.39, 0.29) is 11.5 Å². The molecule has 0 radical (unpaired) electrons. The molecule has 1 aromatic rings. The standard InChI is InChI=1S/C13H15N3O4S/c1-13(11(19)20,7-2-3-7)15-9(17)8-6-14-12-16(10(8)18)4-5-21-12/h6-7H,2-5H2,1H3,(H,15,17)(H,19,20). The number of amides is 1. The molecule has 3 rings (SSSR count).